The van der Waals surface area contributed by atoms with Crippen molar-refractivity contribution in [2.45, 2.75) is 13.8 Å². The van der Waals surface area contributed by atoms with Gasteiger partial charge in [0.25, 0.3) is 0 Å². The summed E-state index contributed by atoms with van der Waals surface area (Å²) in [5.41, 5.74) is 3.43. The number of halogens is 2. The van der Waals surface area contributed by atoms with Crippen molar-refractivity contribution in [2.24, 2.45) is 0 Å². The van der Waals surface area contributed by atoms with Crippen molar-refractivity contribution in [3.63, 3.8) is 0 Å². The molecule has 0 unspecified atom stereocenters. The molecule has 0 amide bonds. The Balaban J connectivity index is 2.94. The zero-order valence-corrected chi connectivity index (χ0v) is 10.5. The van der Waals surface area contributed by atoms with Gasteiger partial charge in [-0.3, -0.25) is 0 Å². The minimum atomic E-state index is 1.02. The molecular formula is C9H8Br2N2. The van der Waals surface area contributed by atoms with E-state index >= 15 is 0 Å². The van der Waals surface area contributed by atoms with Crippen LogP contribution in [0.15, 0.2) is 21.2 Å². The van der Waals surface area contributed by atoms with Crippen LogP contribution in [0.5, 0.6) is 0 Å². The van der Waals surface area contributed by atoms with E-state index < -0.39 is 0 Å². The summed E-state index contributed by atoms with van der Waals surface area (Å²) in [6, 6.07) is 2.03. The predicted molar refractivity (Wildman–Crippen MR) is 60.1 cm³/mol. The number of nitrogens with zero attached hydrogens (tertiary/aromatic N) is 2. The normalized spacial score (nSPS) is 11.1. The minimum Gasteiger partial charge on any atom is -0.238 e. The van der Waals surface area contributed by atoms with Crippen LogP contribution in [0.25, 0.3) is 5.52 Å². The number of aryl methyl sites for hydroxylation is 2. The Labute approximate surface area is 93.2 Å². The first-order chi connectivity index (χ1) is 6.09. The largest absolute Gasteiger partial charge is 0.238 e. The van der Waals surface area contributed by atoms with E-state index in [1.807, 2.05) is 23.7 Å². The molecule has 0 N–H and O–H groups in total. The van der Waals surface area contributed by atoms with E-state index in [1.165, 1.54) is 5.56 Å². The second-order valence-corrected chi connectivity index (χ2v) is 4.78. The van der Waals surface area contributed by atoms with Crippen molar-refractivity contribution in [3.8, 4) is 0 Å². The molecule has 2 heterocycles. The van der Waals surface area contributed by atoms with Gasteiger partial charge in [-0.25, -0.2) is 4.52 Å². The summed E-state index contributed by atoms with van der Waals surface area (Å²) in [7, 11) is 0. The molecule has 0 atom stereocenters. The fourth-order valence-corrected chi connectivity index (χ4v) is 2.81. The number of rotatable bonds is 0. The van der Waals surface area contributed by atoms with E-state index in [0.29, 0.717) is 0 Å². The summed E-state index contributed by atoms with van der Waals surface area (Å²) in [6.45, 7) is 4.10. The number of hydrogen-bond donors (Lipinski definition) is 0. The van der Waals surface area contributed by atoms with Crippen molar-refractivity contribution in [1.29, 1.82) is 0 Å². The number of fused-ring (bicyclic) bond motifs is 1. The topological polar surface area (TPSA) is 17.3 Å². The van der Waals surface area contributed by atoms with Gasteiger partial charge in [0.1, 0.15) is 0 Å². The van der Waals surface area contributed by atoms with Crippen molar-refractivity contribution in [1.82, 2.24) is 9.61 Å². The Hall–Kier alpha value is -0.350. The SMILES string of the molecule is Cc1nn2cc(Br)cc(Br)c2c1C. The highest BCUT2D eigenvalue weighted by Gasteiger charge is 2.08. The standard InChI is InChI=1S/C9H8Br2N2/c1-5-6(2)12-13-4-7(10)3-8(11)9(5)13/h3-4H,1-2H3. The molecular weight excluding hydrogens is 296 g/mol. The van der Waals surface area contributed by atoms with Crippen molar-refractivity contribution < 1.29 is 0 Å². The lowest BCUT2D eigenvalue weighted by Gasteiger charge is -1.98. The lowest BCUT2D eigenvalue weighted by atomic mass is 10.2. The van der Waals surface area contributed by atoms with Crippen LogP contribution in [0.4, 0.5) is 0 Å². The molecule has 0 fully saturated rings. The van der Waals surface area contributed by atoms with Crippen LogP contribution in [0.1, 0.15) is 11.3 Å². The smallest absolute Gasteiger partial charge is 0.0836 e. The number of aromatic nitrogens is 2. The average molecular weight is 304 g/mol. The van der Waals surface area contributed by atoms with Crippen molar-refractivity contribution >= 4 is 37.4 Å². The Morgan fingerprint density at radius 1 is 1.31 bits per heavy atom. The Morgan fingerprint density at radius 2 is 2.00 bits per heavy atom. The van der Waals surface area contributed by atoms with Gasteiger partial charge in [-0.2, -0.15) is 5.10 Å². The van der Waals surface area contributed by atoms with Crippen LogP contribution in [-0.4, -0.2) is 9.61 Å². The molecule has 0 aliphatic rings. The van der Waals surface area contributed by atoms with Crippen LogP contribution >= 0.6 is 31.9 Å². The first-order valence-electron chi connectivity index (χ1n) is 3.90. The molecule has 0 radical (unpaired) electrons. The van der Waals surface area contributed by atoms with Gasteiger partial charge < -0.3 is 0 Å². The molecule has 0 aliphatic carbocycles. The fraction of sp³-hybridized carbons (Fsp3) is 0.222. The minimum absolute atomic E-state index is 1.02. The van der Waals surface area contributed by atoms with Gasteiger partial charge in [0.15, 0.2) is 0 Å². The monoisotopic (exact) mass is 302 g/mol. The van der Waals surface area contributed by atoms with Gasteiger partial charge in [0, 0.05) is 15.1 Å². The van der Waals surface area contributed by atoms with Crippen LogP contribution in [0, 0.1) is 13.8 Å². The van der Waals surface area contributed by atoms with E-state index in [1.54, 1.807) is 0 Å². The van der Waals surface area contributed by atoms with Crippen LogP contribution < -0.4 is 0 Å². The average Bonchev–Trinajstić information content (AvgIpc) is 2.27. The van der Waals surface area contributed by atoms with E-state index in [-0.39, 0.29) is 0 Å². The molecule has 4 heteroatoms. The summed E-state index contributed by atoms with van der Waals surface area (Å²) in [6.07, 6.45) is 1.96. The summed E-state index contributed by atoms with van der Waals surface area (Å²) < 4.78 is 3.98. The highest BCUT2D eigenvalue weighted by molar-refractivity contribution is 9.11. The Morgan fingerprint density at radius 3 is 2.69 bits per heavy atom. The maximum absolute atomic E-state index is 4.39. The number of hydrogen-bond acceptors (Lipinski definition) is 1. The summed E-state index contributed by atoms with van der Waals surface area (Å²) in [5.74, 6) is 0. The van der Waals surface area contributed by atoms with E-state index in [0.717, 1.165) is 20.2 Å². The lowest BCUT2D eigenvalue weighted by molar-refractivity contribution is 0.927. The highest BCUT2D eigenvalue weighted by Crippen LogP contribution is 2.26. The van der Waals surface area contributed by atoms with Crippen LogP contribution in [-0.2, 0) is 0 Å². The maximum atomic E-state index is 4.39. The Bertz CT molecular complexity index is 474. The van der Waals surface area contributed by atoms with Gasteiger partial charge in [0.2, 0.25) is 0 Å². The fourth-order valence-electron chi connectivity index (χ4n) is 1.36. The quantitative estimate of drug-likeness (QED) is 0.728. The second-order valence-electron chi connectivity index (χ2n) is 3.01. The molecule has 68 valence electrons. The number of pyridine rings is 1. The lowest BCUT2D eigenvalue weighted by Crippen LogP contribution is -1.87. The summed E-state index contributed by atoms with van der Waals surface area (Å²) in [5, 5.41) is 4.39. The second kappa shape index (κ2) is 3.10. The predicted octanol–water partition coefficient (Wildman–Crippen LogP) is 3.48. The summed E-state index contributed by atoms with van der Waals surface area (Å²) in [4.78, 5) is 0. The molecule has 0 spiro atoms. The van der Waals surface area contributed by atoms with Gasteiger partial charge in [-0.1, -0.05) is 0 Å². The molecule has 0 bridgehead atoms. The molecule has 0 aromatic carbocycles. The van der Waals surface area contributed by atoms with E-state index in [4.69, 9.17) is 0 Å². The van der Waals surface area contributed by atoms with Crippen molar-refractivity contribution in [3.05, 3.63) is 32.5 Å². The molecule has 2 aromatic heterocycles. The molecule has 2 rings (SSSR count). The van der Waals surface area contributed by atoms with E-state index in [2.05, 4.69) is 43.9 Å². The van der Waals surface area contributed by atoms with Gasteiger partial charge in [-0.05, 0) is 57.3 Å². The Kier molecular flexibility index (Phi) is 2.20. The van der Waals surface area contributed by atoms with Gasteiger partial charge in [-0.15, -0.1) is 0 Å². The summed E-state index contributed by atoms with van der Waals surface area (Å²) >= 11 is 6.95. The van der Waals surface area contributed by atoms with Crippen LogP contribution in [0.2, 0.25) is 0 Å². The maximum Gasteiger partial charge on any atom is 0.0836 e. The molecule has 2 nitrogen and oxygen atoms in total. The first-order valence-corrected chi connectivity index (χ1v) is 5.49. The third kappa shape index (κ3) is 1.42. The zero-order valence-electron chi connectivity index (χ0n) is 7.31. The molecule has 2 aromatic rings. The first kappa shape index (κ1) is 9.21. The zero-order chi connectivity index (χ0) is 9.59. The highest BCUT2D eigenvalue weighted by atomic mass is 79.9. The van der Waals surface area contributed by atoms with Crippen molar-refractivity contribution in [2.75, 3.05) is 0 Å². The van der Waals surface area contributed by atoms with Gasteiger partial charge >= 0.3 is 0 Å². The molecule has 13 heavy (non-hydrogen) atoms. The van der Waals surface area contributed by atoms with Gasteiger partial charge in [0.05, 0.1) is 11.2 Å². The van der Waals surface area contributed by atoms with E-state index in [9.17, 15) is 0 Å². The molecule has 0 saturated carbocycles. The third-order valence-corrected chi connectivity index (χ3v) is 3.16. The third-order valence-electron chi connectivity index (χ3n) is 2.12. The molecule has 0 aliphatic heterocycles. The van der Waals surface area contributed by atoms with Crippen LogP contribution in [0.3, 0.4) is 0 Å². The molecule has 0 saturated heterocycles.